The SMILES string of the molecule is CN(C)c1ccc(NS(=O)(=O)Cc2ccc(N)cc2)cc1. The number of hydrogen-bond donors (Lipinski definition) is 2. The lowest BCUT2D eigenvalue weighted by molar-refractivity contribution is 0.600. The van der Waals surface area contributed by atoms with E-state index >= 15 is 0 Å². The largest absolute Gasteiger partial charge is 0.399 e. The summed E-state index contributed by atoms with van der Waals surface area (Å²) in [6.07, 6.45) is 0. The third kappa shape index (κ3) is 4.39. The second kappa shape index (κ2) is 6.05. The van der Waals surface area contributed by atoms with E-state index in [1.54, 1.807) is 36.4 Å². The molecule has 0 atom stereocenters. The third-order valence-electron chi connectivity index (χ3n) is 2.99. The van der Waals surface area contributed by atoms with Crippen molar-refractivity contribution in [3.63, 3.8) is 0 Å². The number of nitrogens with two attached hydrogens (primary N) is 1. The van der Waals surface area contributed by atoms with Gasteiger partial charge in [0, 0.05) is 31.2 Å². The van der Waals surface area contributed by atoms with Crippen LogP contribution in [0.5, 0.6) is 0 Å². The average Bonchev–Trinajstić information content (AvgIpc) is 2.41. The number of sulfonamides is 1. The molecule has 2 rings (SSSR count). The number of benzene rings is 2. The predicted octanol–water partition coefficient (Wildman–Crippen LogP) is 2.28. The molecule has 0 aliphatic heterocycles. The quantitative estimate of drug-likeness (QED) is 0.831. The van der Waals surface area contributed by atoms with Crippen LogP contribution in [0.1, 0.15) is 5.56 Å². The minimum absolute atomic E-state index is 0.0806. The van der Waals surface area contributed by atoms with Gasteiger partial charge in [-0.15, -0.1) is 0 Å². The van der Waals surface area contributed by atoms with Crippen LogP contribution in [0, 0.1) is 0 Å². The van der Waals surface area contributed by atoms with E-state index in [0.717, 1.165) is 5.69 Å². The van der Waals surface area contributed by atoms with Crippen molar-refractivity contribution in [2.75, 3.05) is 29.5 Å². The van der Waals surface area contributed by atoms with Crippen molar-refractivity contribution < 1.29 is 8.42 Å². The zero-order valence-electron chi connectivity index (χ0n) is 12.1. The van der Waals surface area contributed by atoms with Gasteiger partial charge in [0.05, 0.1) is 5.75 Å². The summed E-state index contributed by atoms with van der Waals surface area (Å²) >= 11 is 0. The van der Waals surface area contributed by atoms with Crippen molar-refractivity contribution in [2.45, 2.75) is 5.75 Å². The molecule has 0 spiro atoms. The van der Waals surface area contributed by atoms with Gasteiger partial charge in [0.15, 0.2) is 0 Å². The summed E-state index contributed by atoms with van der Waals surface area (Å²) in [5.74, 6) is -0.0806. The lowest BCUT2D eigenvalue weighted by atomic mass is 10.2. The molecule has 0 amide bonds. The molecular formula is C15H19N3O2S. The molecule has 2 aromatic carbocycles. The Kier molecular flexibility index (Phi) is 4.37. The van der Waals surface area contributed by atoms with Crippen LogP contribution < -0.4 is 15.4 Å². The topological polar surface area (TPSA) is 75.4 Å². The van der Waals surface area contributed by atoms with Crippen molar-refractivity contribution in [3.05, 3.63) is 54.1 Å². The highest BCUT2D eigenvalue weighted by molar-refractivity contribution is 7.91. The van der Waals surface area contributed by atoms with Gasteiger partial charge in [0.25, 0.3) is 0 Å². The van der Waals surface area contributed by atoms with Crippen molar-refractivity contribution >= 4 is 27.1 Å². The molecule has 3 N–H and O–H groups in total. The van der Waals surface area contributed by atoms with E-state index in [1.807, 2.05) is 31.1 Å². The first-order valence-electron chi connectivity index (χ1n) is 6.48. The Bertz CT molecular complexity index is 693. The Morgan fingerprint density at radius 2 is 1.57 bits per heavy atom. The first-order valence-corrected chi connectivity index (χ1v) is 8.13. The van der Waals surface area contributed by atoms with Crippen molar-refractivity contribution in [1.82, 2.24) is 0 Å². The molecule has 0 unspecified atom stereocenters. The van der Waals surface area contributed by atoms with Crippen LogP contribution in [0.4, 0.5) is 17.1 Å². The molecular weight excluding hydrogens is 286 g/mol. The lowest BCUT2D eigenvalue weighted by Gasteiger charge is -2.13. The van der Waals surface area contributed by atoms with Gasteiger partial charge in [-0.05, 0) is 42.0 Å². The van der Waals surface area contributed by atoms with Gasteiger partial charge in [0.1, 0.15) is 0 Å². The van der Waals surface area contributed by atoms with Gasteiger partial charge < -0.3 is 10.6 Å². The van der Waals surface area contributed by atoms with Crippen LogP contribution in [-0.4, -0.2) is 22.5 Å². The summed E-state index contributed by atoms with van der Waals surface area (Å²) in [5.41, 5.74) is 8.46. The monoisotopic (exact) mass is 305 g/mol. The summed E-state index contributed by atoms with van der Waals surface area (Å²) in [5, 5.41) is 0. The van der Waals surface area contributed by atoms with Crippen molar-refractivity contribution in [3.8, 4) is 0 Å². The first kappa shape index (κ1) is 15.2. The van der Waals surface area contributed by atoms with Crippen LogP contribution in [0.2, 0.25) is 0 Å². The highest BCUT2D eigenvalue weighted by Gasteiger charge is 2.11. The molecule has 0 fully saturated rings. The normalized spacial score (nSPS) is 11.1. The van der Waals surface area contributed by atoms with Gasteiger partial charge >= 0.3 is 0 Å². The van der Waals surface area contributed by atoms with Crippen LogP contribution >= 0.6 is 0 Å². The van der Waals surface area contributed by atoms with E-state index in [2.05, 4.69) is 4.72 Å². The molecule has 21 heavy (non-hydrogen) atoms. The van der Waals surface area contributed by atoms with Gasteiger partial charge in [-0.1, -0.05) is 12.1 Å². The number of nitrogen functional groups attached to an aromatic ring is 1. The highest BCUT2D eigenvalue weighted by atomic mass is 32.2. The van der Waals surface area contributed by atoms with Crippen LogP contribution in [-0.2, 0) is 15.8 Å². The maximum Gasteiger partial charge on any atom is 0.236 e. The minimum atomic E-state index is -3.44. The number of rotatable bonds is 5. The van der Waals surface area contributed by atoms with Crippen LogP contribution in [0.25, 0.3) is 0 Å². The molecule has 0 heterocycles. The number of anilines is 3. The molecule has 0 bridgehead atoms. The van der Waals surface area contributed by atoms with E-state index in [4.69, 9.17) is 5.73 Å². The number of nitrogens with zero attached hydrogens (tertiary/aromatic N) is 1. The average molecular weight is 305 g/mol. The number of nitrogens with one attached hydrogen (secondary N) is 1. The molecule has 0 aromatic heterocycles. The van der Waals surface area contributed by atoms with E-state index in [0.29, 0.717) is 16.9 Å². The van der Waals surface area contributed by atoms with Crippen molar-refractivity contribution in [2.24, 2.45) is 0 Å². The van der Waals surface area contributed by atoms with E-state index in [1.165, 1.54) is 0 Å². The Morgan fingerprint density at radius 1 is 1.00 bits per heavy atom. The van der Waals surface area contributed by atoms with Gasteiger partial charge in [-0.2, -0.15) is 0 Å². The molecule has 0 aliphatic rings. The summed E-state index contributed by atoms with van der Waals surface area (Å²) in [6.45, 7) is 0. The van der Waals surface area contributed by atoms with Crippen molar-refractivity contribution in [1.29, 1.82) is 0 Å². The van der Waals surface area contributed by atoms with Crippen LogP contribution in [0.3, 0.4) is 0 Å². The summed E-state index contributed by atoms with van der Waals surface area (Å²) < 4.78 is 26.8. The zero-order valence-corrected chi connectivity index (χ0v) is 12.9. The van der Waals surface area contributed by atoms with Gasteiger partial charge in [0.2, 0.25) is 10.0 Å². The molecule has 0 radical (unpaired) electrons. The molecule has 112 valence electrons. The molecule has 0 aliphatic carbocycles. The Hall–Kier alpha value is -2.21. The number of hydrogen-bond acceptors (Lipinski definition) is 4. The van der Waals surface area contributed by atoms with E-state index < -0.39 is 10.0 Å². The van der Waals surface area contributed by atoms with E-state index in [-0.39, 0.29) is 5.75 Å². The predicted molar refractivity (Wildman–Crippen MR) is 87.9 cm³/mol. The van der Waals surface area contributed by atoms with Gasteiger partial charge in [-0.25, -0.2) is 8.42 Å². The fourth-order valence-electron chi connectivity index (χ4n) is 1.88. The third-order valence-corrected chi connectivity index (χ3v) is 4.25. The second-order valence-corrected chi connectivity index (χ2v) is 6.77. The lowest BCUT2D eigenvalue weighted by Crippen LogP contribution is -2.15. The molecule has 5 nitrogen and oxygen atoms in total. The summed E-state index contributed by atoms with van der Waals surface area (Å²) in [7, 11) is 0.424. The maximum atomic E-state index is 12.1. The Balaban J connectivity index is 2.08. The second-order valence-electron chi connectivity index (χ2n) is 5.04. The standard InChI is InChI=1S/C15H19N3O2S/c1-18(2)15-9-7-14(8-10-15)17-21(19,20)11-12-3-5-13(16)6-4-12/h3-10,17H,11,16H2,1-2H3. The smallest absolute Gasteiger partial charge is 0.236 e. The van der Waals surface area contributed by atoms with Crippen LogP contribution in [0.15, 0.2) is 48.5 Å². The molecule has 2 aromatic rings. The molecule has 0 saturated heterocycles. The summed E-state index contributed by atoms with van der Waals surface area (Å²) in [4.78, 5) is 1.95. The fraction of sp³-hybridized carbons (Fsp3) is 0.200. The molecule has 6 heteroatoms. The fourth-order valence-corrected chi connectivity index (χ4v) is 3.08. The zero-order chi connectivity index (χ0) is 15.5. The van der Waals surface area contributed by atoms with Gasteiger partial charge in [-0.3, -0.25) is 4.72 Å². The summed E-state index contributed by atoms with van der Waals surface area (Å²) in [6, 6.07) is 14.0. The molecule has 0 saturated carbocycles. The Labute approximate surface area is 125 Å². The minimum Gasteiger partial charge on any atom is -0.399 e. The maximum absolute atomic E-state index is 12.1. The first-order chi connectivity index (χ1) is 9.85. The highest BCUT2D eigenvalue weighted by Crippen LogP contribution is 2.18. The van der Waals surface area contributed by atoms with E-state index in [9.17, 15) is 8.42 Å². The Morgan fingerprint density at radius 3 is 2.10 bits per heavy atom.